The van der Waals surface area contributed by atoms with Crippen molar-refractivity contribution in [2.75, 3.05) is 0 Å². The maximum atomic E-state index is 11.6. The number of ether oxygens (including phenoxy) is 1. The highest BCUT2D eigenvalue weighted by Gasteiger charge is 2.55. The Kier molecular flexibility index (Phi) is 2.46. The lowest BCUT2D eigenvalue weighted by atomic mass is 9.56. The molecular formula is C15H20O3. The molecule has 0 spiro atoms. The predicted molar refractivity (Wildman–Crippen MR) is 67.7 cm³/mol. The number of fused-ring (bicyclic) bond motifs is 2. The molecule has 0 bridgehead atoms. The first-order valence-electron chi connectivity index (χ1n) is 6.68. The third-order valence-corrected chi connectivity index (χ3v) is 5.32. The predicted octanol–water partition coefficient (Wildman–Crippen LogP) is 2.21. The fourth-order valence-electron chi connectivity index (χ4n) is 4.03. The van der Waals surface area contributed by atoms with E-state index in [9.17, 15) is 9.90 Å². The van der Waals surface area contributed by atoms with Crippen LogP contribution in [0.3, 0.4) is 0 Å². The van der Waals surface area contributed by atoms with Crippen LogP contribution in [-0.2, 0) is 9.53 Å². The molecule has 3 aliphatic rings. The van der Waals surface area contributed by atoms with Crippen LogP contribution in [0.15, 0.2) is 23.8 Å². The molecule has 0 aromatic rings. The van der Waals surface area contributed by atoms with Crippen LogP contribution in [0, 0.1) is 17.3 Å². The van der Waals surface area contributed by atoms with Gasteiger partial charge in [-0.1, -0.05) is 25.2 Å². The normalized spacial score (nSPS) is 47.2. The molecule has 98 valence electrons. The standard InChI is InChI=1S/C15H20O3/c1-8-4-5-13(16)15(3)7-12-10(6-11(8)15)9(2)14(17)18-12/h4,10-13,16H,2,5-7H2,1,3H3/t10-,11+,12-,13-,15-/m1/s1. The zero-order valence-corrected chi connectivity index (χ0v) is 11.0. The Balaban J connectivity index is 1.96. The molecule has 5 atom stereocenters. The maximum Gasteiger partial charge on any atom is 0.334 e. The van der Waals surface area contributed by atoms with Gasteiger partial charge in [-0.25, -0.2) is 4.79 Å². The van der Waals surface area contributed by atoms with Crippen molar-refractivity contribution in [3.8, 4) is 0 Å². The lowest BCUT2D eigenvalue weighted by Gasteiger charge is -2.50. The highest BCUT2D eigenvalue weighted by atomic mass is 16.6. The monoisotopic (exact) mass is 248 g/mol. The summed E-state index contributed by atoms with van der Waals surface area (Å²) in [4.78, 5) is 11.6. The summed E-state index contributed by atoms with van der Waals surface area (Å²) in [5.74, 6) is 0.237. The molecule has 2 fully saturated rings. The molecule has 1 saturated carbocycles. The third kappa shape index (κ3) is 1.43. The van der Waals surface area contributed by atoms with Gasteiger partial charge in [0.1, 0.15) is 6.10 Å². The Morgan fingerprint density at radius 3 is 3.00 bits per heavy atom. The minimum Gasteiger partial charge on any atom is -0.458 e. The molecule has 2 aliphatic carbocycles. The van der Waals surface area contributed by atoms with Gasteiger partial charge >= 0.3 is 5.97 Å². The Morgan fingerprint density at radius 1 is 1.56 bits per heavy atom. The Bertz CT molecular complexity index is 451. The van der Waals surface area contributed by atoms with Crippen LogP contribution >= 0.6 is 0 Å². The number of carbonyl (C=O) groups is 1. The highest BCUT2D eigenvalue weighted by molar-refractivity contribution is 5.90. The summed E-state index contributed by atoms with van der Waals surface area (Å²) in [7, 11) is 0. The zero-order valence-electron chi connectivity index (χ0n) is 11.0. The van der Waals surface area contributed by atoms with Gasteiger partial charge in [0.05, 0.1) is 6.10 Å². The van der Waals surface area contributed by atoms with E-state index >= 15 is 0 Å². The molecule has 3 heteroatoms. The second-order valence-electron chi connectivity index (χ2n) is 6.27. The first-order chi connectivity index (χ1) is 8.43. The van der Waals surface area contributed by atoms with Gasteiger partial charge in [-0.3, -0.25) is 0 Å². The third-order valence-electron chi connectivity index (χ3n) is 5.32. The smallest absolute Gasteiger partial charge is 0.334 e. The molecule has 3 rings (SSSR count). The molecule has 0 amide bonds. The van der Waals surface area contributed by atoms with E-state index in [1.165, 1.54) is 5.57 Å². The summed E-state index contributed by atoms with van der Waals surface area (Å²) in [5.41, 5.74) is 1.80. The molecule has 18 heavy (non-hydrogen) atoms. The average Bonchev–Trinajstić information content (AvgIpc) is 2.58. The van der Waals surface area contributed by atoms with Crippen molar-refractivity contribution in [1.82, 2.24) is 0 Å². The minimum absolute atomic E-state index is 0.0770. The molecule has 1 aliphatic heterocycles. The number of hydrogen-bond donors (Lipinski definition) is 1. The number of esters is 1. The van der Waals surface area contributed by atoms with Crippen LogP contribution in [-0.4, -0.2) is 23.3 Å². The number of rotatable bonds is 0. The molecule has 0 aromatic heterocycles. The molecule has 1 N–H and O–H groups in total. The molecule has 1 saturated heterocycles. The second-order valence-corrected chi connectivity index (χ2v) is 6.27. The second kappa shape index (κ2) is 3.70. The van der Waals surface area contributed by atoms with Crippen molar-refractivity contribution in [2.45, 2.75) is 45.3 Å². The number of carbonyl (C=O) groups excluding carboxylic acids is 1. The summed E-state index contributed by atoms with van der Waals surface area (Å²) >= 11 is 0. The summed E-state index contributed by atoms with van der Waals surface area (Å²) in [5, 5.41) is 10.3. The zero-order chi connectivity index (χ0) is 13.1. The van der Waals surface area contributed by atoms with E-state index in [1.807, 2.05) is 0 Å². The van der Waals surface area contributed by atoms with E-state index in [4.69, 9.17) is 4.74 Å². The van der Waals surface area contributed by atoms with Crippen molar-refractivity contribution in [1.29, 1.82) is 0 Å². The summed E-state index contributed by atoms with van der Waals surface area (Å²) in [6, 6.07) is 0. The van der Waals surface area contributed by atoms with Crippen LogP contribution in [0.1, 0.15) is 33.1 Å². The average molecular weight is 248 g/mol. The molecule has 0 unspecified atom stereocenters. The fourth-order valence-corrected chi connectivity index (χ4v) is 4.03. The lowest BCUT2D eigenvalue weighted by Crippen LogP contribution is -2.49. The van der Waals surface area contributed by atoms with Gasteiger partial charge in [-0.15, -0.1) is 0 Å². The van der Waals surface area contributed by atoms with Gasteiger partial charge in [0.25, 0.3) is 0 Å². The van der Waals surface area contributed by atoms with Crippen LogP contribution in [0.5, 0.6) is 0 Å². The number of aliphatic hydroxyl groups is 1. The molecule has 1 heterocycles. The first-order valence-corrected chi connectivity index (χ1v) is 6.68. The summed E-state index contributed by atoms with van der Waals surface area (Å²) < 4.78 is 5.41. The van der Waals surface area contributed by atoms with E-state index in [0.717, 1.165) is 12.8 Å². The molecule has 3 nitrogen and oxygen atoms in total. The van der Waals surface area contributed by atoms with E-state index in [2.05, 4.69) is 26.5 Å². The van der Waals surface area contributed by atoms with E-state index in [0.29, 0.717) is 17.9 Å². The topological polar surface area (TPSA) is 46.5 Å². The van der Waals surface area contributed by atoms with E-state index in [1.54, 1.807) is 0 Å². The van der Waals surface area contributed by atoms with Gasteiger partial charge in [0, 0.05) is 16.9 Å². The molecule has 0 radical (unpaired) electrons. The number of hydrogen-bond acceptors (Lipinski definition) is 3. The number of allylic oxidation sites excluding steroid dienone is 1. The van der Waals surface area contributed by atoms with Gasteiger partial charge < -0.3 is 9.84 Å². The SMILES string of the molecule is C=C1C(=O)O[C@@H]2C[C@@]3(C)[C@H](O)CC=C(C)[C@@H]3C[C@H]12. The first kappa shape index (κ1) is 12.0. The quantitative estimate of drug-likeness (QED) is 0.406. The Hall–Kier alpha value is -1.09. The van der Waals surface area contributed by atoms with Crippen molar-refractivity contribution in [2.24, 2.45) is 17.3 Å². The van der Waals surface area contributed by atoms with Crippen molar-refractivity contribution >= 4 is 5.97 Å². The van der Waals surface area contributed by atoms with Crippen LogP contribution in [0.2, 0.25) is 0 Å². The highest BCUT2D eigenvalue weighted by Crippen LogP contribution is 2.55. The summed E-state index contributed by atoms with van der Waals surface area (Å²) in [6.45, 7) is 8.13. The Morgan fingerprint density at radius 2 is 2.28 bits per heavy atom. The van der Waals surface area contributed by atoms with Crippen molar-refractivity contribution in [3.05, 3.63) is 23.8 Å². The van der Waals surface area contributed by atoms with E-state index in [-0.39, 0.29) is 29.5 Å². The van der Waals surface area contributed by atoms with Gasteiger partial charge in [-0.2, -0.15) is 0 Å². The molecular weight excluding hydrogens is 228 g/mol. The maximum absolute atomic E-state index is 11.6. The van der Waals surface area contributed by atoms with Crippen LogP contribution < -0.4 is 0 Å². The molecule has 0 aromatic carbocycles. The van der Waals surface area contributed by atoms with Gasteiger partial charge in [0.2, 0.25) is 0 Å². The van der Waals surface area contributed by atoms with Gasteiger partial charge in [0.15, 0.2) is 0 Å². The number of aliphatic hydroxyl groups excluding tert-OH is 1. The van der Waals surface area contributed by atoms with Crippen LogP contribution in [0.4, 0.5) is 0 Å². The largest absolute Gasteiger partial charge is 0.458 e. The summed E-state index contributed by atoms with van der Waals surface area (Å²) in [6.07, 6.45) is 4.07. The van der Waals surface area contributed by atoms with Gasteiger partial charge in [-0.05, 0) is 32.1 Å². The van der Waals surface area contributed by atoms with E-state index < -0.39 is 0 Å². The van der Waals surface area contributed by atoms with Crippen molar-refractivity contribution < 1.29 is 14.6 Å². The van der Waals surface area contributed by atoms with Crippen molar-refractivity contribution in [3.63, 3.8) is 0 Å². The fraction of sp³-hybridized carbons (Fsp3) is 0.667. The lowest BCUT2D eigenvalue weighted by molar-refractivity contribution is -0.145. The van der Waals surface area contributed by atoms with Crippen LogP contribution in [0.25, 0.3) is 0 Å². The Labute approximate surface area is 108 Å². The minimum atomic E-state index is -0.334.